The van der Waals surface area contributed by atoms with Crippen LogP contribution in [0.3, 0.4) is 0 Å². The molecule has 0 aliphatic carbocycles. The summed E-state index contributed by atoms with van der Waals surface area (Å²) in [6.45, 7) is 3.01. The number of ether oxygens (including phenoxy) is 1. The van der Waals surface area contributed by atoms with Gasteiger partial charge >= 0.3 is 5.97 Å². The zero-order valence-electron chi connectivity index (χ0n) is 13.5. The van der Waals surface area contributed by atoms with Crippen LogP contribution in [-0.4, -0.2) is 29.3 Å². The molecule has 0 saturated carbocycles. The quantitative estimate of drug-likeness (QED) is 0.779. The molecule has 0 unspecified atom stereocenters. The monoisotopic (exact) mass is 346 g/mol. The molecule has 1 aromatic heterocycles. The summed E-state index contributed by atoms with van der Waals surface area (Å²) in [5, 5.41) is 4.87. The van der Waals surface area contributed by atoms with Gasteiger partial charge in [0.25, 0.3) is 5.91 Å². The van der Waals surface area contributed by atoms with Crippen LogP contribution in [0, 0.1) is 6.92 Å². The Morgan fingerprint density at radius 2 is 1.88 bits per heavy atom. The standard InChI is InChI=1S/C17H18N2O4S/c1-11-3-6-13(7-4-11)14-10-24-17(18-14)19-15(21)9-23-16(22)8-5-12(2)20/h3-4,6-7,10H,5,8-9H2,1-2H3,(H,18,19,21). The van der Waals surface area contributed by atoms with Crippen molar-refractivity contribution in [2.75, 3.05) is 11.9 Å². The second-order valence-corrected chi connectivity index (χ2v) is 6.17. The highest BCUT2D eigenvalue weighted by molar-refractivity contribution is 7.14. The van der Waals surface area contributed by atoms with Crippen LogP contribution in [0.1, 0.15) is 25.3 Å². The zero-order valence-corrected chi connectivity index (χ0v) is 14.3. The lowest BCUT2D eigenvalue weighted by Crippen LogP contribution is -2.21. The summed E-state index contributed by atoms with van der Waals surface area (Å²) in [6, 6.07) is 7.92. The van der Waals surface area contributed by atoms with E-state index in [-0.39, 0.29) is 18.6 Å². The number of ketones is 1. The number of hydrogen-bond acceptors (Lipinski definition) is 6. The maximum atomic E-state index is 11.8. The number of hydrogen-bond donors (Lipinski definition) is 1. The summed E-state index contributed by atoms with van der Waals surface area (Å²) in [4.78, 5) is 38.2. The van der Waals surface area contributed by atoms with Gasteiger partial charge in [0, 0.05) is 17.4 Å². The summed E-state index contributed by atoms with van der Waals surface area (Å²) in [6.07, 6.45) is 0.101. The van der Waals surface area contributed by atoms with Crippen molar-refractivity contribution in [3.8, 4) is 11.3 Å². The molecule has 1 N–H and O–H groups in total. The molecule has 1 aromatic carbocycles. The van der Waals surface area contributed by atoms with Gasteiger partial charge in [-0.3, -0.25) is 14.9 Å². The van der Waals surface area contributed by atoms with E-state index in [2.05, 4.69) is 10.3 Å². The van der Waals surface area contributed by atoms with E-state index in [4.69, 9.17) is 4.74 Å². The van der Waals surface area contributed by atoms with Crippen molar-refractivity contribution < 1.29 is 19.1 Å². The van der Waals surface area contributed by atoms with E-state index in [0.717, 1.165) is 16.8 Å². The molecule has 0 aliphatic rings. The van der Waals surface area contributed by atoms with Gasteiger partial charge in [0.05, 0.1) is 12.1 Å². The highest BCUT2D eigenvalue weighted by Crippen LogP contribution is 2.25. The molecular weight excluding hydrogens is 328 g/mol. The molecule has 126 valence electrons. The Bertz CT molecular complexity index is 737. The predicted molar refractivity (Wildman–Crippen MR) is 91.8 cm³/mol. The van der Waals surface area contributed by atoms with E-state index in [1.165, 1.54) is 18.3 Å². The Morgan fingerprint density at radius 1 is 1.17 bits per heavy atom. The van der Waals surface area contributed by atoms with Gasteiger partial charge in [0.15, 0.2) is 11.7 Å². The smallest absolute Gasteiger partial charge is 0.306 e. The molecule has 1 heterocycles. The first-order valence-corrected chi connectivity index (χ1v) is 8.29. The summed E-state index contributed by atoms with van der Waals surface area (Å²) < 4.78 is 4.80. The molecule has 6 nitrogen and oxygen atoms in total. The molecule has 7 heteroatoms. The fourth-order valence-corrected chi connectivity index (χ4v) is 2.58. The molecule has 2 rings (SSSR count). The largest absolute Gasteiger partial charge is 0.456 e. The van der Waals surface area contributed by atoms with Crippen molar-refractivity contribution in [1.82, 2.24) is 4.98 Å². The SMILES string of the molecule is CC(=O)CCC(=O)OCC(=O)Nc1nc(-c2ccc(C)cc2)cs1. The van der Waals surface area contributed by atoms with Gasteiger partial charge in [0.2, 0.25) is 0 Å². The lowest BCUT2D eigenvalue weighted by Gasteiger charge is -2.04. The minimum atomic E-state index is -0.570. The van der Waals surface area contributed by atoms with Crippen molar-refractivity contribution in [2.45, 2.75) is 26.7 Å². The average molecular weight is 346 g/mol. The van der Waals surface area contributed by atoms with E-state index in [9.17, 15) is 14.4 Å². The second kappa shape index (κ2) is 8.35. The third kappa shape index (κ3) is 5.58. The number of esters is 1. The van der Waals surface area contributed by atoms with Crippen molar-refractivity contribution in [3.05, 3.63) is 35.2 Å². The third-order valence-electron chi connectivity index (χ3n) is 3.14. The number of carbonyl (C=O) groups is 3. The minimum absolute atomic E-state index is 0.0164. The van der Waals surface area contributed by atoms with Crippen LogP contribution in [0.2, 0.25) is 0 Å². The van der Waals surface area contributed by atoms with Crippen LogP contribution in [-0.2, 0) is 19.1 Å². The Kier molecular flexibility index (Phi) is 6.20. The summed E-state index contributed by atoms with van der Waals surface area (Å²) in [7, 11) is 0. The van der Waals surface area contributed by atoms with Crippen LogP contribution in [0.5, 0.6) is 0 Å². The average Bonchev–Trinajstić information content (AvgIpc) is 3.00. The van der Waals surface area contributed by atoms with Gasteiger partial charge < -0.3 is 9.53 Å². The van der Waals surface area contributed by atoms with E-state index in [0.29, 0.717) is 5.13 Å². The second-order valence-electron chi connectivity index (χ2n) is 5.31. The number of thiazole rings is 1. The van der Waals surface area contributed by atoms with Crippen molar-refractivity contribution in [1.29, 1.82) is 0 Å². The number of nitrogens with one attached hydrogen (secondary N) is 1. The van der Waals surface area contributed by atoms with Crippen LogP contribution in [0.4, 0.5) is 5.13 Å². The molecule has 0 bridgehead atoms. The number of nitrogens with zero attached hydrogens (tertiary/aromatic N) is 1. The van der Waals surface area contributed by atoms with Gasteiger partial charge in [-0.25, -0.2) is 4.98 Å². The predicted octanol–water partition coefficient (Wildman–Crippen LogP) is 2.97. The molecule has 0 spiro atoms. The van der Waals surface area contributed by atoms with Crippen molar-refractivity contribution >= 4 is 34.1 Å². The number of benzene rings is 1. The Labute approximate surface area is 143 Å². The van der Waals surface area contributed by atoms with Gasteiger partial charge in [-0.1, -0.05) is 29.8 Å². The third-order valence-corrected chi connectivity index (χ3v) is 3.90. The first kappa shape index (κ1) is 17.8. The van der Waals surface area contributed by atoms with Gasteiger partial charge in [-0.2, -0.15) is 0 Å². The first-order valence-electron chi connectivity index (χ1n) is 7.41. The fraction of sp³-hybridized carbons (Fsp3) is 0.294. The molecular formula is C17H18N2O4S. The normalized spacial score (nSPS) is 10.2. The van der Waals surface area contributed by atoms with Crippen LogP contribution in [0.25, 0.3) is 11.3 Å². The highest BCUT2D eigenvalue weighted by atomic mass is 32.1. The van der Waals surface area contributed by atoms with Gasteiger partial charge in [0.1, 0.15) is 5.78 Å². The van der Waals surface area contributed by atoms with Crippen molar-refractivity contribution in [2.24, 2.45) is 0 Å². The molecule has 2 aromatic rings. The van der Waals surface area contributed by atoms with E-state index >= 15 is 0 Å². The van der Waals surface area contributed by atoms with Crippen LogP contribution < -0.4 is 5.32 Å². The Hall–Kier alpha value is -2.54. The number of Topliss-reactive ketones (excluding diaryl/α,β-unsaturated/α-hetero) is 1. The summed E-state index contributed by atoms with van der Waals surface area (Å²) in [5.74, 6) is -1.13. The maximum Gasteiger partial charge on any atom is 0.306 e. The highest BCUT2D eigenvalue weighted by Gasteiger charge is 2.11. The number of aromatic nitrogens is 1. The minimum Gasteiger partial charge on any atom is -0.456 e. The fourth-order valence-electron chi connectivity index (χ4n) is 1.84. The Balaban J connectivity index is 1.83. The lowest BCUT2D eigenvalue weighted by atomic mass is 10.1. The number of rotatable bonds is 7. The molecule has 0 aliphatic heterocycles. The number of carbonyl (C=O) groups excluding carboxylic acids is 3. The molecule has 0 fully saturated rings. The molecule has 0 saturated heterocycles. The maximum absolute atomic E-state index is 11.8. The Morgan fingerprint density at radius 3 is 2.54 bits per heavy atom. The number of aryl methyl sites for hydroxylation is 1. The molecule has 24 heavy (non-hydrogen) atoms. The summed E-state index contributed by atoms with van der Waals surface area (Å²) in [5.41, 5.74) is 2.90. The van der Waals surface area contributed by atoms with Crippen LogP contribution >= 0.6 is 11.3 Å². The van der Waals surface area contributed by atoms with Gasteiger partial charge in [-0.05, 0) is 13.8 Å². The van der Waals surface area contributed by atoms with Crippen molar-refractivity contribution in [3.63, 3.8) is 0 Å². The van der Waals surface area contributed by atoms with E-state index < -0.39 is 18.5 Å². The number of amides is 1. The zero-order chi connectivity index (χ0) is 17.5. The topological polar surface area (TPSA) is 85.4 Å². The molecule has 1 amide bonds. The lowest BCUT2D eigenvalue weighted by molar-refractivity contribution is -0.148. The van der Waals surface area contributed by atoms with Gasteiger partial charge in [-0.15, -0.1) is 11.3 Å². The molecule has 0 radical (unpaired) electrons. The summed E-state index contributed by atoms with van der Waals surface area (Å²) >= 11 is 1.30. The van der Waals surface area contributed by atoms with Crippen LogP contribution in [0.15, 0.2) is 29.6 Å². The van der Waals surface area contributed by atoms with E-state index in [1.807, 2.05) is 36.6 Å². The first-order chi connectivity index (χ1) is 11.4. The molecule has 0 atom stereocenters. The van der Waals surface area contributed by atoms with E-state index in [1.54, 1.807) is 0 Å². The number of anilines is 1.